The molecule has 1 atom stereocenters. The normalized spacial score (nSPS) is 12.5. The van der Waals surface area contributed by atoms with Gasteiger partial charge in [0.15, 0.2) is 0 Å². The second kappa shape index (κ2) is 12.4. The van der Waals surface area contributed by atoms with Gasteiger partial charge < -0.3 is 10.2 Å². The lowest BCUT2D eigenvalue weighted by molar-refractivity contribution is -0.140. The van der Waals surface area contributed by atoms with E-state index in [0.29, 0.717) is 5.02 Å². The smallest absolute Gasteiger partial charge is 0.264 e. The maximum Gasteiger partial charge on any atom is 0.264 e. The average Bonchev–Trinajstić information content (AvgIpc) is 2.87. The summed E-state index contributed by atoms with van der Waals surface area (Å²) in [5.41, 5.74) is 3.24. The molecule has 0 aliphatic carbocycles. The molecule has 0 unspecified atom stereocenters. The van der Waals surface area contributed by atoms with Crippen molar-refractivity contribution in [1.29, 1.82) is 0 Å². The minimum Gasteiger partial charge on any atom is -0.350 e. The Hall–Kier alpha value is -3.36. The zero-order valence-electron chi connectivity index (χ0n) is 24.2. The van der Waals surface area contributed by atoms with E-state index in [1.54, 1.807) is 31.2 Å². The van der Waals surface area contributed by atoms with Crippen LogP contribution in [-0.4, -0.2) is 43.3 Å². The first-order chi connectivity index (χ1) is 18.6. The molecule has 7 nitrogen and oxygen atoms in total. The van der Waals surface area contributed by atoms with Crippen LogP contribution < -0.4 is 9.62 Å². The van der Waals surface area contributed by atoms with Gasteiger partial charge in [0, 0.05) is 17.1 Å². The van der Waals surface area contributed by atoms with E-state index in [-0.39, 0.29) is 23.0 Å². The fourth-order valence-electron chi connectivity index (χ4n) is 4.13. The SMILES string of the molecule is Cc1ccc(S(=O)(=O)N(CC(=O)N(Cc2ccccc2C)[C@@H](C)C(=O)NC(C)(C)C)c2ccc(C)c(Cl)c2)cc1. The van der Waals surface area contributed by atoms with Gasteiger partial charge in [0.1, 0.15) is 12.6 Å². The first-order valence-electron chi connectivity index (χ1n) is 13.1. The highest BCUT2D eigenvalue weighted by Crippen LogP contribution is 2.29. The second-order valence-corrected chi connectivity index (χ2v) is 13.4. The van der Waals surface area contributed by atoms with Gasteiger partial charge in [-0.1, -0.05) is 59.6 Å². The molecule has 0 fully saturated rings. The molecule has 0 aliphatic rings. The molecule has 2 amide bonds. The molecule has 1 N–H and O–H groups in total. The molecule has 3 aromatic rings. The molecule has 0 saturated heterocycles. The summed E-state index contributed by atoms with van der Waals surface area (Å²) in [5.74, 6) is -0.854. The van der Waals surface area contributed by atoms with Crippen LogP contribution in [0.1, 0.15) is 49.9 Å². The number of nitrogens with zero attached hydrogens (tertiary/aromatic N) is 2. The summed E-state index contributed by atoms with van der Waals surface area (Å²) in [6.07, 6.45) is 0. The number of hydrogen-bond acceptors (Lipinski definition) is 4. The molecule has 9 heteroatoms. The summed E-state index contributed by atoms with van der Waals surface area (Å²) >= 11 is 6.38. The van der Waals surface area contributed by atoms with Crippen molar-refractivity contribution >= 4 is 39.1 Å². The van der Waals surface area contributed by atoms with E-state index >= 15 is 0 Å². The van der Waals surface area contributed by atoms with Gasteiger partial charge in [-0.25, -0.2) is 8.42 Å². The monoisotopic (exact) mass is 583 g/mol. The van der Waals surface area contributed by atoms with Crippen molar-refractivity contribution in [3.8, 4) is 0 Å². The highest BCUT2D eigenvalue weighted by atomic mass is 35.5. The van der Waals surface area contributed by atoms with Gasteiger partial charge in [-0.2, -0.15) is 0 Å². The number of carbonyl (C=O) groups is 2. The number of hydrogen-bond donors (Lipinski definition) is 1. The lowest BCUT2D eigenvalue weighted by Gasteiger charge is -2.34. The summed E-state index contributed by atoms with van der Waals surface area (Å²) in [6.45, 7) is 12.5. The van der Waals surface area contributed by atoms with Crippen LogP contribution in [0.5, 0.6) is 0 Å². The summed E-state index contributed by atoms with van der Waals surface area (Å²) < 4.78 is 28.9. The van der Waals surface area contributed by atoms with E-state index in [2.05, 4.69) is 5.32 Å². The summed E-state index contributed by atoms with van der Waals surface area (Å²) in [4.78, 5) is 28.7. The van der Waals surface area contributed by atoms with Gasteiger partial charge in [0.05, 0.1) is 10.6 Å². The number of nitrogens with one attached hydrogen (secondary N) is 1. The number of aryl methyl sites for hydroxylation is 3. The van der Waals surface area contributed by atoms with Gasteiger partial charge in [-0.05, 0) is 89.4 Å². The fourth-order valence-corrected chi connectivity index (χ4v) is 5.71. The molecule has 3 aromatic carbocycles. The number of halogens is 1. The van der Waals surface area contributed by atoms with Gasteiger partial charge in [0.2, 0.25) is 11.8 Å². The van der Waals surface area contributed by atoms with Crippen molar-refractivity contribution in [2.24, 2.45) is 0 Å². The standard InChI is InChI=1S/C31H38ClN3O4S/c1-21-12-16-27(17-13-21)40(38,39)35(26-15-14-23(3)28(32)18-26)20-29(36)34(19-25-11-9-8-10-22(25)2)24(4)30(37)33-31(5,6)7/h8-18,24H,19-20H2,1-7H3,(H,33,37)/t24-/m0/s1. The van der Waals surface area contributed by atoms with Crippen molar-refractivity contribution < 1.29 is 18.0 Å². The highest BCUT2D eigenvalue weighted by molar-refractivity contribution is 7.92. The van der Waals surface area contributed by atoms with Crippen LogP contribution in [0, 0.1) is 20.8 Å². The van der Waals surface area contributed by atoms with E-state index in [1.807, 2.05) is 65.8 Å². The maximum atomic E-state index is 14.0. The number of sulfonamides is 1. The number of carbonyl (C=O) groups excluding carboxylic acids is 2. The van der Waals surface area contributed by atoms with Crippen LogP contribution in [0.15, 0.2) is 71.6 Å². The molecule has 0 saturated carbocycles. The van der Waals surface area contributed by atoms with Gasteiger partial charge in [0.25, 0.3) is 10.0 Å². The van der Waals surface area contributed by atoms with Crippen LogP contribution in [0.2, 0.25) is 5.02 Å². The number of benzene rings is 3. The average molecular weight is 584 g/mol. The number of rotatable bonds is 9. The molecular formula is C31H38ClN3O4S. The molecule has 0 radical (unpaired) electrons. The van der Waals surface area contributed by atoms with Crippen LogP contribution in [0.3, 0.4) is 0 Å². The van der Waals surface area contributed by atoms with Crippen molar-refractivity contribution in [1.82, 2.24) is 10.2 Å². The van der Waals surface area contributed by atoms with E-state index in [0.717, 1.165) is 26.6 Å². The van der Waals surface area contributed by atoms with E-state index in [4.69, 9.17) is 11.6 Å². The lowest BCUT2D eigenvalue weighted by Crippen LogP contribution is -2.54. The van der Waals surface area contributed by atoms with E-state index < -0.39 is 34.1 Å². The van der Waals surface area contributed by atoms with Gasteiger partial charge in [-0.15, -0.1) is 0 Å². The van der Waals surface area contributed by atoms with E-state index in [1.165, 1.54) is 23.1 Å². The third-order valence-corrected chi connectivity index (χ3v) is 8.79. The van der Waals surface area contributed by atoms with Crippen LogP contribution in [0.4, 0.5) is 5.69 Å². The molecule has 40 heavy (non-hydrogen) atoms. The zero-order valence-corrected chi connectivity index (χ0v) is 25.7. The topological polar surface area (TPSA) is 86.8 Å². The van der Waals surface area contributed by atoms with Gasteiger partial charge in [-0.3, -0.25) is 13.9 Å². The summed E-state index contributed by atoms with van der Waals surface area (Å²) in [7, 11) is -4.16. The van der Waals surface area contributed by atoms with Crippen LogP contribution >= 0.6 is 11.6 Å². The third kappa shape index (κ3) is 7.64. The first-order valence-corrected chi connectivity index (χ1v) is 14.9. The molecule has 3 rings (SSSR count). The largest absolute Gasteiger partial charge is 0.350 e. The minimum absolute atomic E-state index is 0.0478. The van der Waals surface area contributed by atoms with E-state index in [9.17, 15) is 18.0 Å². The molecule has 0 spiro atoms. The lowest BCUT2D eigenvalue weighted by atomic mass is 10.1. The van der Waals surface area contributed by atoms with Crippen molar-refractivity contribution in [3.63, 3.8) is 0 Å². The summed E-state index contributed by atoms with van der Waals surface area (Å²) in [6, 6.07) is 18.1. The maximum absolute atomic E-state index is 14.0. The van der Waals surface area contributed by atoms with Crippen LogP contribution in [0.25, 0.3) is 0 Å². The van der Waals surface area contributed by atoms with Crippen molar-refractivity contribution in [3.05, 3.63) is 94.0 Å². The molecule has 0 bridgehead atoms. The Kier molecular flexibility index (Phi) is 9.69. The Morgan fingerprint density at radius 3 is 2.12 bits per heavy atom. The van der Waals surface area contributed by atoms with Crippen LogP contribution in [-0.2, 0) is 26.2 Å². The van der Waals surface area contributed by atoms with Crippen molar-refractivity contribution in [2.45, 2.75) is 71.5 Å². The quantitative estimate of drug-likeness (QED) is 0.345. The molecule has 214 valence electrons. The fraction of sp³-hybridized carbons (Fsp3) is 0.355. The number of anilines is 1. The Labute approximate surface area is 243 Å². The number of amides is 2. The molecular weight excluding hydrogens is 546 g/mol. The van der Waals surface area contributed by atoms with Gasteiger partial charge >= 0.3 is 0 Å². The Balaban J connectivity index is 2.08. The minimum atomic E-state index is -4.16. The third-order valence-electron chi connectivity index (χ3n) is 6.60. The predicted octanol–water partition coefficient (Wildman–Crippen LogP) is 5.79. The zero-order chi connectivity index (χ0) is 29.8. The molecule has 0 heterocycles. The Bertz CT molecular complexity index is 1480. The Morgan fingerprint density at radius 2 is 1.55 bits per heavy atom. The molecule has 0 aromatic heterocycles. The second-order valence-electron chi connectivity index (χ2n) is 11.1. The van der Waals surface area contributed by atoms with Crippen molar-refractivity contribution in [2.75, 3.05) is 10.8 Å². The molecule has 0 aliphatic heterocycles. The first kappa shape index (κ1) is 31.2. The highest BCUT2D eigenvalue weighted by Gasteiger charge is 2.33. The Morgan fingerprint density at radius 1 is 0.925 bits per heavy atom. The predicted molar refractivity (Wildman–Crippen MR) is 161 cm³/mol. The summed E-state index contributed by atoms with van der Waals surface area (Å²) in [5, 5.41) is 3.31.